The van der Waals surface area contributed by atoms with Gasteiger partial charge >= 0.3 is 0 Å². The quantitative estimate of drug-likeness (QED) is 0.635. The zero-order valence-electron chi connectivity index (χ0n) is 12.7. The average molecular weight is 262 g/mol. The molecule has 0 radical (unpaired) electrons. The van der Waals surface area contributed by atoms with Crippen LogP contribution in [0, 0.1) is 29.1 Å². The van der Waals surface area contributed by atoms with E-state index in [0.29, 0.717) is 5.41 Å². The van der Waals surface area contributed by atoms with Crippen LogP contribution in [0.5, 0.6) is 0 Å². The first-order valence-electron chi connectivity index (χ1n) is 8.38. The lowest BCUT2D eigenvalue weighted by Gasteiger charge is -2.56. The predicted octanol–water partition coefficient (Wildman–Crippen LogP) is 4.56. The summed E-state index contributed by atoms with van der Waals surface area (Å²) in [5, 5.41) is 10.1. The number of hydrogen-bond acceptors (Lipinski definition) is 1. The number of rotatable bonds is 0. The largest absolute Gasteiger partial charge is 0.389 e. The molecule has 0 saturated heterocycles. The van der Waals surface area contributed by atoms with Gasteiger partial charge in [-0.1, -0.05) is 33.3 Å². The fourth-order valence-electron chi connectivity index (χ4n) is 5.87. The van der Waals surface area contributed by atoms with Gasteiger partial charge in [0.05, 0.1) is 6.10 Å². The smallest absolute Gasteiger partial charge is 0.0747 e. The van der Waals surface area contributed by atoms with E-state index >= 15 is 0 Å². The summed E-state index contributed by atoms with van der Waals surface area (Å²) in [6, 6.07) is 0. The highest BCUT2D eigenvalue weighted by Gasteiger charge is 2.51. The fourth-order valence-corrected chi connectivity index (χ4v) is 5.87. The summed E-state index contributed by atoms with van der Waals surface area (Å²) in [4.78, 5) is 0. The van der Waals surface area contributed by atoms with Crippen LogP contribution in [0.2, 0.25) is 0 Å². The van der Waals surface area contributed by atoms with E-state index in [0.717, 1.165) is 42.1 Å². The molecule has 3 aliphatic carbocycles. The number of aliphatic hydroxyl groups is 1. The van der Waals surface area contributed by atoms with Gasteiger partial charge < -0.3 is 5.11 Å². The first-order chi connectivity index (χ1) is 9.02. The lowest BCUT2D eigenvalue weighted by molar-refractivity contribution is -0.0626. The highest BCUT2D eigenvalue weighted by molar-refractivity contribution is 5.10. The van der Waals surface area contributed by atoms with Crippen molar-refractivity contribution in [2.45, 2.75) is 71.3 Å². The van der Waals surface area contributed by atoms with E-state index in [1.165, 1.54) is 38.5 Å². The fraction of sp³-hybridized carbons (Fsp3) is 0.889. The zero-order valence-corrected chi connectivity index (χ0v) is 12.7. The highest BCUT2D eigenvalue weighted by Crippen LogP contribution is 2.60. The summed E-state index contributed by atoms with van der Waals surface area (Å²) in [7, 11) is 0. The summed E-state index contributed by atoms with van der Waals surface area (Å²) in [6.45, 7) is 9.19. The van der Waals surface area contributed by atoms with Gasteiger partial charge in [0.2, 0.25) is 0 Å². The minimum absolute atomic E-state index is 0.228. The standard InChI is InChI=1S/C18H30O/c1-12-5-4-10-18(3)15(12)7-6-14-11-13(2)17(19)9-8-16(14)18/h12,14-17,19H,2,4-11H2,1,3H3/t12-,14?,15?,16+,17?,18+/m0/s1. The molecule has 0 amide bonds. The Morgan fingerprint density at radius 3 is 2.63 bits per heavy atom. The molecule has 1 N–H and O–H groups in total. The Labute approximate surface area is 118 Å². The molecule has 0 spiro atoms. The van der Waals surface area contributed by atoms with E-state index in [9.17, 15) is 5.11 Å². The first-order valence-corrected chi connectivity index (χ1v) is 8.38. The Balaban J connectivity index is 1.87. The Morgan fingerprint density at radius 2 is 1.84 bits per heavy atom. The van der Waals surface area contributed by atoms with Crippen LogP contribution < -0.4 is 0 Å². The van der Waals surface area contributed by atoms with E-state index < -0.39 is 0 Å². The summed E-state index contributed by atoms with van der Waals surface area (Å²) >= 11 is 0. The van der Waals surface area contributed by atoms with Crippen LogP contribution in [0.3, 0.4) is 0 Å². The first kappa shape index (κ1) is 13.7. The second-order valence-electron chi connectivity index (χ2n) is 7.88. The molecule has 0 aromatic heterocycles. The van der Waals surface area contributed by atoms with Crippen LogP contribution in [0.1, 0.15) is 65.2 Å². The van der Waals surface area contributed by atoms with Gasteiger partial charge in [0.1, 0.15) is 0 Å². The van der Waals surface area contributed by atoms with Crippen LogP contribution in [0.25, 0.3) is 0 Å². The number of fused-ring (bicyclic) bond motifs is 3. The van der Waals surface area contributed by atoms with Crippen LogP contribution >= 0.6 is 0 Å². The van der Waals surface area contributed by atoms with Gasteiger partial charge in [-0.15, -0.1) is 0 Å². The van der Waals surface area contributed by atoms with E-state index in [2.05, 4.69) is 20.4 Å². The molecule has 3 unspecified atom stereocenters. The Kier molecular flexibility index (Phi) is 3.53. The molecular weight excluding hydrogens is 232 g/mol. The summed E-state index contributed by atoms with van der Waals surface area (Å²) < 4.78 is 0. The number of hydrogen-bond donors (Lipinski definition) is 1. The summed E-state index contributed by atoms with van der Waals surface area (Å²) in [6.07, 6.45) is 10.1. The van der Waals surface area contributed by atoms with Crippen molar-refractivity contribution in [1.82, 2.24) is 0 Å². The average Bonchev–Trinajstić information content (AvgIpc) is 2.50. The van der Waals surface area contributed by atoms with Gasteiger partial charge in [-0.25, -0.2) is 0 Å². The third-order valence-electron chi connectivity index (χ3n) is 6.92. The van der Waals surface area contributed by atoms with E-state index in [1.54, 1.807) is 0 Å². The van der Waals surface area contributed by atoms with Gasteiger partial charge in [0.25, 0.3) is 0 Å². The van der Waals surface area contributed by atoms with Crippen molar-refractivity contribution in [2.75, 3.05) is 0 Å². The Morgan fingerprint density at radius 1 is 1.11 bits per heavy atom. The minimum Gasteiger partial charge on any atom is -0.389 e. The zero-order chi connectivity index (χ0) is 13.6. The van der Waals surface area contributed by atoms with Crippen molar-refractivity contribution < 1.29 is 5.11 Å². The normalized spacial score (nSPS) is 51.1. The van der Waals surface area contributed by atoms with Crippen LogP contribution in [-0.4, -0.2) is 11.2 Å². The van der Waals surface area contributed by atoms with E-state index in [1.807, 2.05) is 0 Å². The molecular formula is C18H30O. The number of aliphatic hydroxyl groups excluding tert-OH is 1. The predicted molar refractivity (Wildman–Crippen MR) is 79.8 cm³/mol. The molecule has 1 heteroatoms. The van der Waals surface area contributed by atoms with Crippen molar-refractivity contribution in [1.29, 1.82) is 0 Å². The molecule has 0 heterocycles. The second-order valence-corrected chi connectivity index (χ2v) is 7.88. The van der Waals surface area contributed by atoms with Crippen molar-refractivity contribution in [3.8, 4) is 0 Å². The van der Waals surface area contributed by atoms with Gasteiger partial charge in [-0.3, -0.25) is 0 Å². The van der Waals surface area contributed by atoms with Gasteiger partial charge in [0.15, 0.2) is 0 Å². The minimum atomic E-state index is -0.228. The molecule has 3 aliphatic rings. The molecule has 3 rings (SSSR count). The second kappa shape index (κ2) is 4.91. The van der Waals surface area contributed by atoms with Crippen LogP contribution in [-0.2, 0) is 0 Å². The third-order valence-corrected chi connectivity index (χ3v) is 6.92. The topological polar surface area (TPSA) is 20.2 Å². The molecule has 6 atom stereocenters. The molecule has 108 valence electrons. The van der Waals surface area contributed by atoms with Crippen molar-refractivity contribution in [2.24, 2.45) is 29.1 Å². The van der Waals surface area contributed by atoms with Crippen molar-refractivity contribution in [3.63, 3.8) is 0 Å². The maximum absolute atomic E-state index is 10.1. The maximum Gasteiger partial charge on any atom is 0.0747 e. The molecule has 3 fully saturated rings. The Bertz CT molecular complexity index is 361. The van der Waals surface area contributed by atoms with Crippen molar-refractivity contribution >= 4 is 0 Å². The monoisotopic (exact) mass is 262 g/mol. The lowest BCUT2D eigenvalue weighted by Crippen LogP contribution is -2.47. The van der Waals surface area contributed by atoms with Crippen LogP contribution in [0.15, 0.2) is 12.2 Å². The molecule has 1 nitrogen and oxygen atoms in total. The van der Waals surface area contributed by atoms with Crippen LogP contribution in [0.4, 0.5) is 0 Å². The summed E-state index contributed by atoms with van der Waals surface area (Å²) in [5.74, 6) is 3.49. The van der Waals surface area contributed by atoms with Gasteiger partial charge in [0, 0.05) is 0 Å². The molecule has 3 saturated carbocycles. The third kappa shape index (κ3) is 2.18. The Hall–Kier alpha value is -0.300. The molecule has 0 aromatic carbocycles. The summed E-state index contributed by atoms with van der Waals surface area (Å²) in [5.41, 5.74) is 1.66. The van der Waals surface area contributed by atoms with Gasteiger partial charge in [-0.2, -0.15) is 0 Å². The van der Waals surface area contributed by atoms with Crippen molar-refractivity contribution in [3.05, 3.63) is 12.2 Å². The SMILES string of the molecule is C=C1CC2CCC3[C@@H](C)CCC[C@@]3(C)[C@@H]2CCC1O. The van der Waals surface area contributed by atoms with Gasteiger partial charge in [-0.05, 0) is 73.2 Å². The highest BCUT2D eigenvalue weighted by atomic mass is 16.3. The molecule has 0 aromatic rings. The van der Waals surface area contributed by atoms with E-state index in [4.69, 9.17) is 0 Å². The maximum atomic E-state index is 10.1. The molecule has 0 aliphatic heterocycles. The molecule has 19 heavy (non-hydrogen) atoms. The van der Waals surface area contributed by atoms with E-state index in [-0.39, 0.29) is 6.10 Å². The lowest BCUT2D eigenvalue weighted by atomic mass is 9.49. The molecule has 0 bridgehead atoms.